The van der Waals surface area contributed by atoms with E-state index < -0.39 is 0 Å². The van der Waals surface area contributed by atoms with E-state index in [-0.39, 0.29) is 12.7 Å². The summed E-state index contributed by atoms with van der Waals surface area (Å²) in [6.07, 6.45) is 4.35. The van der Waals surface area contributed by atoms with Gasteiger partial charge in [0.15, 0.2) is 5.75 Å². The van der Waals surface area contributed by atoms with E-state index >= 15 is 0 Å². The van der Waals surface area contributed by atoms with Gasteiger partial charge in [-0.25, -0.2) is 0 Å². The molecule has 12 heavy (non-hydrogen) atoms. The molecule has 0 aliphatic rings. The smallest absolute Gasteiger partial charge is 0.153 e. The van der Waals surface area contributed by atoms with Crippen molar-refractivity contribution in [2.24, 2.45) is 0 Å². The van der Waals surface area contributed by atoms with Gasteiger partial charge in [0, 0.05) is 11.8 Å². The Bertz CT molecular complexity index is 248. The summed E-state index contributed by atoms with van der Waals surface area (Å²) in [6.45, 7) is 3.80. The average Bonchev–Trinajstić information content (AvgIpc) is 2.04. The zero-order chi connectivity index (χ0) is 8.97. The van der Waals surface area contributed by atoms with Crippen LogP contribution >= 0.6 is 0 Å². The first-order valence-electron chi connectivity index (χ1n) is 3.87. The van der Waals surface area contributed by atoms with E-state index in [1.54, 1.807) is 12.3 Å². The summed E-state index contributed by atoms with van der Waals surface area (Å²) in [6, 6.07) is 1.72. The third-order valence-electron chi connectivity index (χ3n) is 1.33. The topological polar surface area (TPSA) is 42.4 Å². The number of rotatable bonds is 3. The molecule has 0 spiro atoms. The maximum absolute atomic E-state index is 8.90. The molecule has 1 radical (unpaired) electrons. The zero-order valence-electron chi connectivity index (χ0n) is 7.24. The van der Waals surface area contributed by atoms with Gasteiger partial charge in [-0.2, -0.15) is 0 Å². The van der Waals surface area contributed by atoms with E-state index in [9.17, 15) is 0 Å². The molecule has 3 nitrogen and oxygen atoms in total. The highest BCUT2D eigenvalue weighted by atomic mass is 16.5. The number of aliphatic hydroxyl groups is 1. The molecule has 0 aromatic carbocycles. The van der Waals surface area contributed by atoms with Gasteiger partial charge in [0.05, 0.1) is 12.7 Å². The lowest BCUT2D eigenvalue weighted by molar-refractivity contribution is 0.224. The molecule has 0 saturated carbocycles. The van der Waals surface area contributed by atoms with Gasteiger partial charge in [-0.1, -0.05) is 0 Å². The van der Waals surface area contributed by atoms with Crippen LogP contribution in [0.4, 0.5) is 0 Å². The van der Waals surface area contributed by atoms with E-state index in [2.05, 4.69) is 11.2 Å². The molecular formula is C9H12NO2. The van der Waals surface area contributed by atoms with Crippen molar-refractivity contribution in [1.29, 1.82) is 0 Å². The van der Waals surface area contributed by atoms with Gasteiger partial charge >= 0.3 is 0 Å². The lowest BCUT2D eigenvalue weighted by atomic mass is 10.2. The van der Waals surface area contributed by atoms with Crippen molar-refractivity contribution in [3.05, 3.63) is 24.0 Å². The molecule has 65 valence electrons. The van der Waals surface area contributed by atoms with Crippen LogP contribution in [0, 0.1) is 6.20 Å². The van der Waals surface area contributed by atoms with E-state index in [1.807, 2.05) is 13.8 Å². The van der Waals surface area contributed by atoms with Crippen LogP contribution < -0.4 is 4.74 Å². The van der Waals surface area contributed by atoms with Crippen LogP contribution in [-0.2, 0) is 6.61 Å². The number of aliphatic hydroxyl groups excluding tert-OH is 1. The van der Waals surface area contributed by atoms with Crippen molar-refractivity contribution in [2.45, 2.75) is 26.6 Å². The van der Waals surface area contributed by atoms with Crippen molar-refractivity contribution in [3.63, 3.8) is 0 Å². The van der Waals surface area contributed by atoms with Crippen LogP contribution in [0.2, 0.25) is 0 Å². The van der Waals surface area contributed by atoms with E-state index in [0.717, 1.165) is 5.56 Å². The van der Waals surface area contributed by atoms with Gasteiger partial charge < -0.3 is 9.84 Å². The van der Waals surface area contributed by atoms with Crippen LogP contribution in [0.15, 0.2) is 12.3 Å². The van der Waals surface area contributed by atoms with E-state index in [4.69, 9.17) is 9.84 Å². The van der Waals surface area contributed by atoms with Crippen molar-refractivity contribution in [1.82, 2.24) is 4.98 Å². The fraction of sp³-hybridized carbons (Fsp3) is 0.444. The van der Waals surface area contributed by atoms with Gasteiger partial charge in [0.25, 0.3) is 0 Å². The van der Waals surface area contributed by atoms with Crippen molar-refractivity contribution >= 4 is 0 Å². The molecule has 0 bridgehead atoms. The molecular weight excluding hydrogens is 154 g/mol. The monoisotopic (exact) mass is 166 g/mol. The highest BCUT2D eigenvalue weighted by Gasteiger charge is 2.03. The molecule has 1 rings (SSSR count). The van der Waals surface area contributed by atoms with Crippen LogP contribution in [0.5, 0.6) is 5.75 Å². The molecule has 1 heterocycles. The van der Waals surface area contributed by atoms with Gasteiger partial charge in [-0.15, -0.1) is 0 Å². The zero-order valence-corrected chi connectivity index (χ0v) is 7.24. The number of pyridine rings is 1. The molecule has 3 heteroatoms. The molecule has 0 aliphatic carbocycles. The Hall–Kier alpha value is -1.09. The van der Waals surface area contributed by atoms with Crippen LogP contribution in [0.3, 0.4) is 0 Å². The van der Waals surface area contributed by atoms with E-state index in [0.29, 0.717) is 5.75 Å². The SMILES string of the molecule is CC(C)Oc1[c]nccc1CO. The largest absolute Gasteiger partial charge is 0.488 e. The van der Waals surface area contributed by atoms with Crippen LogP contribution in [0.1, 0.15) is 19.4 Å². The summed E-state index contributed by atoms with van der Waals surface area (Å²) in [5, 5.41) is 8.90. The molecule has 1 N–H and O–H groups in total. The minimum Gasteiger partial charge on any atom is -0.488 e. The number of nitrogens with zero attached hydrogens (tertiary/aromatic N) is 1. The van der Waals surface area contributed by atoms with Crippen molar-refractivity contribution < 1.29 is 9.84 Å². The Labute approximate surface area is 72.0 Å². The molecule has 0 amide bonds. The Kier molecular flexibility index (Phi) is 3.05. The summed E-state index contributed by atoms with van der Waals surface area (Å²) in [7, 11) is 0. The minimum atomic E-state index is -0.0406. The third-order valence-corrected chi connectivity index (χ3v) is 1.33. The molecule has 0 aliphatic heterocycles. The third kappa shape index (κ3) is 2.20. The second-order valence-electron chi connectivity index (χ2n) is 2.74. The summed E-state index contributed by atoms with van der Waals surface area (Å²) in [5.41, 5.74) is 0.721. The van der Waals surface area contributed by atoms with Crippen molar-refractivity contribution in [2.75, 3.05) is 0 Å². The lowest BCUT2D eigenvalue weighted by Gasteiger charge is -2.11. The standard InChI is InChI=1S/C9H12NO2/c1-7(2)12-9-5-10-4-3-8(9)6-11/h3-4,7,11H,6H2,1-2H3. The van der Waals surface area contributed by atoms with Crippen molar-refractivity contribution in [3.8, 4) is 5.75 Å². The Balaban J connectivity index is 2.82. The minimum absolute atomic E-state index is 0.0406. The Morgan fingerprint density at radius 2 is 2.42 bits per heavy atom. The van der Waals surface area contributed by atoms with Gasteiger partial charge in [0.2, 0.25) is 0 Å². The maximum Gasteiger partial charge on any atom is 0.153 e. The van der Waals surface area contributed by atoms with E-state index in [1.165, 1.54) is 0 Å². The lowest BCUT2D eigenvalue weighted by Crippen LogP contribution is -2.07. The fourth-order valence-electron chi connectivity index (χ4n) is 0.833. The summed E-state index contributed by atoms with van der Waals surface area (Å²) >= 11 is 0. The summed E-state index contributed by atoms with van der Waals surface area (Å²) < 4.78 is 5.36. The second-order valence-corrected chi connectivity index (χ2v) is 2.74. The molecule has 0 unspecified atom stereocenters. The highest BCUT2D eigenvalue weighted by Crippen LogP contribution is 2.16. The van der Waals surface area contributed by atoms with Gasteiger partial charge in [0.1, 0.15) is 6.20 Å². The first-order chi connectivity index (χ1) is 5.74. The first kappa shape index (κ1) is 9.00. The molecule has 0 fully saturated rings. The normalized spacial score (nSPS) is 10.3. The first-order valence-corrected chi connectivity index (χ1v) is 3.87. The predicted molar refractivity (Wildman–Crippen MR) is 44.8 cm³/mol. The van der Waals surface area contributed by atoms with Gasteiger partial charge in [-0.3, -0.25) is 4.98 Å². The number of ether oxygens (including phenoxy) is 1. The second kappa shape index (κ2) is 4.07. The number of aromatic nitrogens is 1. The summed E-state index contributed by atoms with van der Waals surface area (Å²) in [4.78, 5) is 3.79. The van der Waals surface area contributed by atoms with Crippen LogP contribution in [-0.4, -0.2) is 16.2 Å². The molecule has 1 aromatic rings. The predicted octanol–water partition coefficient (Wildman–Crippen LogP) is 1.16. The quantitative estimate of drug-likeness (QED) is 0.732. The molecule has 0 saturated heterocycles. The highest BCUT2D eigenvalue weighted by molar-refractivity contribution is 5.27. The van der Waals surface area contributed by atoms with Crippen LogP contribution in [0.25, 0.3) is 0 Å². The Morgan fingerprint density at radius 1 is 1.67 bits per heavy atom. The average molecular weight is 166 g/mol. The number of hydrogen-bond donors (Lipinski definition) is 1. The molecule has 0 atom stereocenters. The summed E-state index contributed by atoms with van der Waals surface area (Å²) in [5.74, 6) is 0.537. The maximum atomic E-state index is 8.90. The van der Waals surface area contributed by atoms with Gasteiger partial charge in [-0.05, 0) is 19.9 Å². The molecule has 1 aromatic heterocycles. The Morgan fingerprint density at radius 3 is 3.00 bits per heavy atom. The fourth-order valence-corrected chi connectivity index (χ4v) is 0.833. The number of hydrogen-bond acceptors (Lipinski definition) is 3.